The SMILES string of the molecule is CCN(CCO)C(=O)Nc1ccc(CSC)cc1. The van der Waals surface area contributed by atoms with Gasteiger partial charge in [0.25, 0.3) is 0 Å². The van der Waals surface area contributed by atoms with E-state index in [0.717, 1.165) is 11.4 Å². The molecule has 0 aliphatic carbocycles. The van der Waals surface area contributed by atoms with Crippen molar-refractivity contribution in [2.24, 2.45) is 0 Å². The molecule has 2 amide bonds. The van der Waals surface area contributed by atoms with Crippen LogP contribution in [0.1, 0.15) is 12.5 Å². The summed E-state index contributed by atoms with van der Waals surface area (Å²) in [6.45, 7) is 2.80. The number of nitrogens with zero attached hydrogens (tertiary/aromatic N) is 1. The molecule has 0 saturated heterocycles. The number of rotatable bonds is 6. The summed E-state index contributed by atoms with van der Waals surface area (Å²) in [5.41, 5.74) is 2.02. The van der Waals surface area contributed by atoms with Gasteiger partial charge in [-0.25, -0.2) is 4.79 Å². The lowest BCUT2D eigenvalue weighted by molar-refractivity contribution is 0.192. The number of carbonyl (C=O) groups is 1. The normalized spacial score (nSPS) is 10.2. The van der Waals surface area contributed by atoms with E-state index in [0.29, 0.717) is 13.1 Å². The maximum Gasteiger partial charge on any atom is 0.321 e. The zero-order valence-corrected chi connectivity index (χ0v) is 11.7. The number of amides is 2. The van der Waals surface area contributed by atoms with Crippen molar-refractivity contribution in [3.8, 4) is 0 Å². The monoisotopic (exact) mass is 268 g/mol. The second-order valence-electron chi connectivity index (χ2n) is 3.86. The summed E-state index contributed by atoms with van der Waals surface area (Å²) in [5, 5.41) is 11.7. The molecule has 0 atom stereocenters. The number of thioether (sulfide) groups is 1. The molecular weight excluding hydrogens is 248 g/mol. The van der Waals surface area contributed by atoms with E-state index in [4.69, 9.17) is 5.11 Å². The minimum absolute atomic E-state index is 0.0199. The largest absolute Gasteiger partial charge is 0.395 e. The summed E-state index contributed by atoms with van der Waals surface area (Å²) in [6, 6.07) is 7.64. The number of hydrogen-bond acceptors (Lipinski definition) is 3. The quantitative estimate of drug-likeness (QED) is 0.833. The zero-order valence-electron chi connectivity index (χ0n) is 10.8. The Morgan fingerprint density at radius 1 is 1.39 bits per heavy atom. The number of hydrogen-bond donors (Lipinski definition) is 2. The predicted octanol–water partition coefficient (Wildman–Crippen LogP) is 2.40. The Hall–Kier alpha value is -1.20. The van der Waals surface area contributed by atoms with Crippen LogP contribution in [0.15, 0.2) is 24.3 Å². The molecule has 1 aromatic carbocycles. The smallest absolute Gasteiger partial charge is 0.321 e. The van der Waals surface area contributed by atoms with Crippen molar-refractivity contribution in [1.29, 1.82) is 0 Å². The van der Waals surface area contributed by atoms with Gasteiger partial charge in [0.15, 0.2) is 0 Å². The highest BCUT2D eigenvalue weighted by Gasteiger charge is 2.10. The van der Waals surface area contributed by atoms with E-state index in [1.165, 1.54) is 5.56 Å². The van der Waals surface area contributed by atoms with Crippen LogP contribution in [-0.2, 0) is 5.75 Å². The van der Waals surface area contributed by atoms with Crippen molar-refractivity contribution < 1.29 is 9.90 Å². The molecule has 0 aliphatic rings. The third kappa shape index (κ3) is 4.58. The number of anilines is 1. The van der Waals surface area contributed by atoms with Gasteiger partial charge in [0.1, 0.15) is 0 Å². The highest BCUT2D eigenvalue weighted by Crippen LogP contribution is 2.14. The minimum Gasteiger partial charge on any atom is -0.395 e. The summed E-state index contributed by atoms with van der Waals surface area (Å²) in [6.07, 6.45) is 2.06. The second kappa shape index (κ2) is 8.00. The molecule has 4 nitrogen and oxygen atoms in total. The first kappa shape index (κ1) is 14.9. The number of likely N-dealkylation sites (N-methyl/N-ethyl adjacent to an activating group) is 1. The van der Waals surface area contributed by atoms with Crippen LogP contribution in [0.2, 0.25) is 0 Å². The van der Waals surface area contributed by atoms with Crippen LogP contribution in [0.4, 0.5) is 10.5 Å². The molecule has 0 aliphatic heterocycles. The highest BCUT2D eigenvalue weighted by molar-refractivity contribution is 7.97. The Morgan fingerprint density at radius 2 is 2.06 bits per heavy atom. The maximum atomic E-state index is 11.8. The average molecular weight is 268 g/mol. The third-order valence-corrected chi connectivity index (χ3v) is 3.18. The highest BCUT2D eigenvalue weighted by atomic mass is 32.2. The molecule has 0 radical (unpaired) electrons. The minimum atomic E-state index is -0.177. The Kier molecular flexibility index (Phi) is 6.60. The van der Waals surface area contributed by atoms with Crippen LogP contribution in [0.5, 0.6) is 0 Å². The lowest BCUT2D eigenvalue weighted by atomic mass is 10.2. The van der Waals surface area contributed by atoms with Gasteiger partial charge in [-0.15, -0.1) is 0 Å². The van der Waals surface area contributed by atoms with Crippen molar-refractivity contribution >= 4 is 23.5 Å². The van der Waals surface area contributed by atoms with E-state index in [9.17, 15) is 4.79 Å². The van der Waals surface area contributed by atoms with Crippen LogP contribution in [0.25, 0.3) is 0 Å². The average Bonchev–Trinajstić information content (AvgIpc) is 2.38. The lowest BCUT2D eigenvalue weighted by Gasteiger charge is -2.20. The maximum absolute atomic E-state index is 11.8. The van der Waals surface area contributed by atoms with Crippen LogP contribution in [0.3, 0.4) is 0 Å². The Bertz CT molecular complexity index is 368. The molecule has 0 unspecified atom stereocenters. The molecule has 0 aromatic heterocycles. The summed E-state index contributed by atoms with van der Waals surface area (Å²) in [5.74, 6) is 0.972. The number of carbonyl (C=O) groups excluding carboxylic acids is 1. The molecule has 1 rings (SSSR count). The fraction of sp³-hybridized carbons (Fsp3) is 0.462. The van der Waals surface area contributed by atoms with Gasteiger partial charge in [-0.1, -0.05) is 12.1 Å². The summed E-state index contributed by atoms with van der Waals surface area (Å²) >= 11 is 1.77. The van der Waals surface area contributed by atoms with E-state index in [-0.39, 0.29) is 12.6 Å². The number of aliphatic hydroxyl groups excluding tert-OH is 1. The standard InChI is InChI=1S/C13H20N2O2S/c1-3-15(8-9-16)13(17)14-12-6-4-11(5-7-12)10-18-2/h4-7,16H,3,8-10H2,1-2H3,(H,14,17). The van der Waals surface area contributed by atoms with Crippen LogP contribution >= 0.6 is 11.8 Å². The number of aliphatic hydroxyl groups is 1. The van der Waals surface area contributed by atoms with Crippen LogP contribution in [-0.4, -0.2) is 42.0 Å². The van der Waals surface area contributed by atoms with Gasteiger partial charge >= 0.3 is 6.03 Å². The van der Waals surface area contributed by atoms with Gasteiger partial charge in [0, 0.05) is 24.5 Å². The molecule has 0 heterocycles. The van der Waals surface area contributed by atoms with Crippen molar-refractivity contribution in [2.45, 2.75) is 12.7 Å². The first-order valence-corrected chi connectivity index (χ1v) is 7.35. The summed E-state index contributed by atoms with van der Waals surface area (Å²) < 4.78 is 0. The third-order valence-electron chi connectivity index (χ3n) is 2.56. The first-order chi connectivity index (χ1) is 8.71. The Labute approximate surface area is 112 Å². The molecule has 2 N–H and O–H groups in total. The van der Waals surface area contributed by atoms with E-state index < -0.39 is 0 Å². The first-order valence-electron chi connectivity index (χ1n) is 5.96. The molecular formula is C13H20N2O2S. The lowest BCUT2D eigenvalue weighted by Crippen LogP contribution is -2.36. The van der Waals surface area contributed by atoms with Gasteiger partial charge in [-0.3, -0.25) is 0 Å². The molecule has 0 spiro atoms. The fourth-order valence-electron chi connectivity index (χ4n) is 1.58. The molecule has 100 valence electrons. The van der Waals surface area contributed by atoms with Crippen molar-refractivity contribution in [3.05, 3.63) is 29.8 Å². The van der Waals surface area contributed by atoms with Crippen molar-refractivity contribution in [2.75, 3.05) is 31.3 Å². The van der Waals surface area contributed by atoms with Gasteiger partial charge in [-0.2, -0.15) is 11.8 Å². The van der Waals surface area contributed by atoms with E-state index >= 15 is 0 Å². The molecule has 0 bridgehead atoms. The Balaban J connectivity index is 2.58. The van der Waals surface area contributed by atoms with Crippen molar-refractivity contribution in [3.63, 3.8) is 0 Å². The predicted molar refractivity (Wildman–Crippen MR) is 77.0 cm³/mol. The molecule has 1 aromatic rings. The molecule has 0 saturated carbocycles. The van der Waals surface area contributed by atoms with Gasteiger partial charge in [-0.05, 0) is 30.9 Å². The summed E-state index contributed by atoms with van der Waals surface area (Å²) in [7, 11) is 0. The molecule has 18 heavy (non-hydrogen) atoms. The number of nitrogens with one attached hydrogen (secondary N) is 1. The topological polar surface area (TPSA) is 52.6 Å². The van der Waals surface area contributed by atoms with Gasteiger partial charge in [0.05, 0.1) is 6.61 Å². The van der Waals surface area contributed by atoms with E-state index in [1.54, 1.807) is 16.7 Å². The van der Waals surface area contributed by atoms with E-state index in [2.05, 4.69) is 11.6 Å². The molecule has 5 heteroatoms. The van der Waals surface area contributed by atoms with Crippen LogP contribution < -0.4 is 5.32 Å². The fourth-order valence-corrected chi connectivity index (χ4v) is 2.10. The van der Waals surface area contributed by atoms with Crippen molar-refractivity contribution in [1.82, 2.24) is 4.90 Å². The number of urea groups is 1. The summed E-state index contributed by atoms with van der Waals surface area (Å²) in [4.78, 5) is 13.4. The van der Waals surface area contributed by atoms with E-state index in [1.807, 2.05) is 31.2 Å². The van der Waals surface area contributed by atoms with Gasteiger partial charge in [0.2, 0.25) is 0 Å². The second-order valence-corrected chi connectivity index (χ2v) is 4.73. The Morgan fingerprint density at radius 3 is 2.56 bits per heavy atom. The number of benzene rings is 1. The molecule has 0 fully saturated rings. The van der Waals surface area contributed by atoms with Gasteiger partial charge < -0.3 is 15.3 Å². The van der Waals surface area contributed by atoms with Crippen LogP contribution in [0, 0.1) is 0 Å². The zero-order chi connectivity index (χ0) is 13.4.